The van der Waals surface area contributed by atoms with Crippen LogP contribution in [-0.4, -0.2) is 57.6 Å². The summed E-state index contributed by atoms with van der Waals surface area (Å²) < 4.78 is 1.39. The Morgan fingerprint density at radius 3 is 2.64 bits per heavy atom. The van der Waals surface area contributed by atoms with E-state index < -0.39 is 18.0 Å². The van der Waals surface area contributed by atoms with Crippen molar-refractivity contribution >= 4 is 46.3 Å². The highest BCUT2D eigenvalue weighted by Crippen LogP contribution is 2.25. The number of amides is 3. The standard InChI is InChI=1S/C14H13Cl2N4O2/c1-18-11-10(12(21)19(2)14(18)22)17-13(16)20(11)7-8-5-3-4-6-9(8)15/h3-6,10H,7H2,1-2H3/q+1. The molecule has 0 aliphatic carbocycles. The summed E-state index contributed by atoms with van der Waals surface area (Å²) in [7, 11) is 3.02. The van der Waals surface area contributed by atoms with Crippen LogP contribution in [-0.2, 0) is 11.3 Å². The van der Waals surface area contributed by atoms with Gasteiger partial charge in [-0.1, -0.05) is 29.8 Å². The number of benzene rings is 1. The fourth-order valence-corrected chi connectivity index (χ4v) is 2.99. The molecule has 0 saturated carbocycles. The zero-order chi connectivity index (χ0) is 16.0. The normalized spacial score (nSPS) is 21.5. The number of amidine groups is 2. The van der Waals surface area contributed by atoms with Gasteiger partial charge in [0.2, 0.25) is 11.9 Å². The molecule has 0 N–H and O–H groups in total. The van der Waals surface area contributed by atoms with Crippen molar-refractivity contribution in [3.63, 3.8) is 0 Å². The van der Waals surface area contributed by atoms with Crippen molar-refractivity contribution in [1.29, 1.82) is 0 Å². The van der Waals surface area contributed by atoms with Crippen LogP contribution in [0.3, 0.4) is 0 Å². The molecule has 3 rings (SSSR count). The minimum Gasteiger partial charge on any atom is -0.253 e. The lowest BCUT2D eigenvalue weighted by Crippen LogP contribution is -2.56. The molecule has 2 aliphatic heterocycles. The molecule has 2 heterocycles. The highest BCUT2D eigenvalue weighted by atomic mass is 35.5. The van der Waals surface area contributed by atoms with Crippen molar-refractivity contribution < 1.29 is 14.2 Å². The van der Waals surface area contributed by atoms with Gasteiger partial charge < -0.3 is 0 Å². The molecule has 1 atom stereocenters. The summed E-state index contributed by atoms with van der Waals surface area (Å²) in [6.45, 7) is 0.336. The maximum Gasteiger partial charge on any atom is 0.445 e. The first-order valence-corrected chi connectivity index (χ1v) is 7.33. The Labute approximate surface area is 137 Å². The largest absolute Gasteiger partial charge is 0.445 e. The fourth-order valence-electron chi connectivity index (χ4n) is 2.55. The minimum atomic E-state index is -0.789. The molecule has 0 saturated heterocycles. The molecular formula is C14H13Cl2N4O2+. The number of fused-ring (bicyclic) bond motifs is 1. The molecular weight excluding hydrogens is 327 g/mol. The van der Waals surface area contributed by atoms with Gasteiger partial charge in [-0.15, -0.1) is 0 Å². The first-order chi connectivity index (χ1) is 10.4. The van der Waals surface area contributed by atoms with Crippen LogP contribution in [0, 0.1) is 0 Å². The van der Waals surface area contributed by atoms with Crippen LogP contribution in [0.15, 0.2) is 29.3 Å². The van der Waals surface area contributed by atoms with Gasteiger partial charge in [0.05, 0.1) is 20.6 Å². The Morgan fingerprint density at radius 2 is 1.95 bits per heavy atom. The number of hydrogen-bond donors (Lipinski definition) is 0. The van der Waals surface area contributed by atoms with Crippen LogP contribution >= 0.6 is 23.2 Å². The highest BCUT2D eigenvalue weighted by molar-refractivity contribution is 6.67. The second kappa shape index (κ2) is 5.37. The summed E-state index contributed by atoms with van der Waals surface area (Å²) in [4.78, 5) is 31.2. The van der Waals surface area contributed by atoms with E-state index in [1.807, 2.05) is 18.2 Å². The predicted octanol–water partition coefficient (Wildman–Crippen LogP) is 1.75. The van der Waals surface area contributed by atoms with Gasteiger partial charge in [-0.25, -0.2) is 19.3 Å². The summed E-state index contributed by atoms with van der Waals surface area (Å²) in [6, 6.07) is 6.12. The lowest BCUT2D eigenvalue weighted by atomic mass is 10.1. The molecule has 1 aromatic carbocycles. The lowest BCUT2D eigenvalue weighted by molar-refractivity contribution is -0.410. The molecule has 1 unspecified atom stereocenters. The minimum absolute atomic E-state index is 0.170. The van der Waals surface area contributed by atoms with Gasteiger partial charge in [-0.2, -0.15) is 4.90 Å². The van der Waals surface area contributed by atoms with Gasteiger partial charge in [0, 0.05) is 10.6 Å². The molecule has 0 aromatic heterocycles. The first kappa shape index (κ1) is 15.0. The van der Waals surface area contributed by atoms with E-state index in [0.717, 1.165) is 10.5 Å². The van der Waals surface area contributed by atoms with Gasteiger partial charge in [-0.05, 0) is 17.7 Å². The summed E-state index contributed by atoms with van der Waals surface area (Å²) in [5.41, 5.74) is 0.831. The Morgan fingerprint density at radius 1 is 1.27 bits per heavy atom. The van der Waals surface area contributed by atoms with Crippen LogP contribution in [0.4, 0.5) is 4.79 Å². The molecule has 22 heavy (non-hydrogen) atoms. The molecule has 0 bridgehead atoms. The number of carbonyl (C=O) groups is 2. The molecule has 1 aromatic rings. The first-order valence-electron chi connectivity index (χ1n) is 6.58. The maximum absolute atomic E-state index is 12.2. The number of rotatable bonds is 2. The van der Waals surface area contributed by atoms with E-state index in [4.69, 9.17) is 23.2 Å². The number of halogens is 2. The fraction of sp³-hybridized carbons (Fsp3) is 0.286. The number of hydrogen-bond acceptors (Lipinski definition) is 4. The van der Waals surface area contributed by atoms with Gasteiger partial charge in [0.15, 0.2) is 0 Å². The van der Waals surface area contributed by atoms with Gasteiger partial charge in [-0.3, -0.25) is 4.79 Å². The molecule has 8 heteroatoms. The lowest BCUT2D eigenvalue weighted by Gasteiger charge is -2.24. The van der Waals surface area contributed by atoms with E-state index in [0.29, 0.717) is 17.4 Å². The van der Waals surface area contributed by atoms with Gasteiger partial charge >= 0.3 is 11.9 Å². The van der Waals surface area contributed by atoms with Gasteiger partial charge in [0.25, 0.3) is 5.29 Å². The number of nitrogens with zero attached hydrogens (tertiary/aromatic N) is 4. The molecule has 0 radical (unpaired) electrons. The third-order valence-corrected chi connectivity index (χ3v) is 4.42. The van der Waals surface area contributed by atoms with E-state index in [1.54, 1.807) is 18.0 Å². The summed E-state index contributed by atoms with van der Waals surface area (Å²) in [6.07, 6.45) is 0. The van der Waals surface area contributed by atoms with E-state index in [2.05, 4.69) is 4.99 Å². The van der Waals surface area contributed by atoms with Crippen molar-refractivity contribution in [2.45, 2.75) is 12.6 Å². The van der Waals surface area contributed by atoms with Gasteiger partial charge in [0.1, 0.15) is 0 Å². The van der Waals surface area contributed by atoms with E-state index in [9.17, 15) is 9.59 Å². The predicted molar refractivity (Wildman–Crippen MR) is 83.4 cm³/mol. The summed E-state index contributed by atoms with van der Waals surface area (Å²) in [5, 5.41) is 0.757. The highest BCUT2D eigenvalue weighted by Gasteiger charge is 2.51. The Hall–Kier alpha value is -1.92. The Balaban J connectivity index is 2.03. The van der Waals surface area contributed by atoms with Crippen LogP contribution < -0.4 is 0 Å². The molecule has 3 amide bonds. The maximum atomic E-state index is 12.2. The van der Waals surface area contributed by atoms with Crippen LogP contribution in [0.5, 0.6) is 0 Å². The SMILES string of the molecule is CN1C(=O)C2N=C(Cl)N(Cc3ccccc3Cl)C2=[N+](C)C1=O. The van der Waals surface area contributed by atoms with Crippen LogP contribution in [0.1, 0.15) is 5.56 Å². The van der Waals surface area contributed by atoms with Crippen molar-refractivity contribution in [2.24, 2.45) is 4.99 Å². The zero-order valence-electron chi connectivity index (χ0n) is 12.0. The number of aliphatic imine (C=N–C) groups is 1. The number of urea groups is 1. The summed E-state index contributed by atoms with van der Waals surface area (Å²) in [5.74, 6) is 0.0657. The number of carbonyl (C=O) groups excluding carboxylic acids is 2. The zero-order valence-corrected chi connectivity index (χ0v) is 13.5. The number of likely N-dealkylation sites (N-methyl/N-ethyl adjacent to an activating group) is 1. The third kappa shape index (κ3) is 2.19. The topological polar surface area (TPSA) is 56.0 Å². The molecule has 0 spiro atoms. The molecule has 2 aliphatic rings. The van der Waals surface area contributed by atoms with Crippen molar-refractivity contribution in [3.05, 3.63) is 34.9 Å². The Kier molecular flexibility index (Phi) is 3.66. The van der Waals surface area contributed by atoms with Crippen LogP contribution in [0.25, 0.3) is 0 Å². The van der Waals surface area contributed by atoms with Crippen molar-refractivity contribution in [2.75, 3.05) is 14.1 Å². The van der Waals surface area contributed by atoms with E-state index >= 15 is 0 Å². The van der Waals surface area contributed by atoms with Crippen LogP contribution in [0.2, 0.25) is 5.02 Å². The van der Waals surface area contributed by atoms with E-state index in [1.165, 1.54) is 11.6 Å². The Bertz CT molecular complexity index is 744. The van der Waals surface area contributed by atoms with Crippen molar-refractivity contribution in [3.8, 4) is 0 Å². The molecule has 6 nitrogen and oxygen atoms in total. The summed E-state index contributed by atoms with van der Waals surface area (Å²) >= 11 is 12.4. The number of imide groups is 1. The second-order valence-corrected chi connectivity index (χ2v) is 5.82. The molecule has 0 fully saturated rings. The smallest absolute Gasteiger partial charge is 0.253 e. The second-order valence-electron chi connectivity index (χ2n) is 5.08. The van der Waals surface area contributed by atoms with Crippen molar-refractivity contribution in [1.82, 2.24) is 9.80 Å². The average Bonchev–Trinajstić information content (AvgIpc) is 2.82. The third-order valence-electron chi connectivity index (χ3n) is 3.75. The average molecular weight is 340 g/mol. The monoisotopic (exact) mass is 339 g/mol. The quantitative estimate of drug-likeness (QED) is 0.609. The molecule has 114 valence electrons. The van der Waals surface area contributed by atoms with E-state index in [-0.39, 0.29) is 5.29 Å².